The van der Waals surface area contributed by atoms with Gasteiger partial charge in [-0.25, -0.2) is 0 Å². The molecule has 1 N–H and O–H groups in total. The summed E-state index contributed by atoms with van der Waals surface area (Å²) in [7, 11) is 0. The molecule has 0 aromatic heterocycles. The van der Waals surface area contributed by atoms with Crippen molar-refractivity contribution in [2.24, 2.45) is 0 Å². The number of rotatable bonds is 7. The van der Waals surface area contributed by atoms with Crippen LogP contribution in [0.1, 0.15) is 0 Å². The van der Waals surface area contributed by atoms with E-state index in [1.807, 2.05) is 0 Å². The van der Waals surface area contributed by atoms with Gasteiger partial charge in [0, 0.05) is 6.54 Å². The van der Waals surface area contributed by atoms with Gasteiger partial charge in [0.1, 0.15) is 18.4 Å². The van der Waals surface area contributed by atoms with E-state index in [-0.39, 0.29) is 12.3 Å². The summed E-state index contributed by atoms with van der Waals surface area (Å²) in [6.07, 6.45) is 0.947. The van der Waals surface area contributed by atoms with Crippen LogP contribution in [-0.2, 0) is 18.9 Å². The molecule has 80 valence electrons. The lowest BCUT2D eigenvalue weighted by Crippen LogP contribution is -2.39. The summed E-state index contributed by atoms with van der Waals surface area (Å²) < 4.78 is 21.1. The Kier molecular flexibility index (Phi) is 2.43. The quantitative estimate of drug-likeness (QED) is 0.428. The molecule has 3 fully saturated rings. The molecule has 0 saturated carbocycles. The molecule has 4 unspecified atom stereocenters. The van der Waals surface area contributed by atoms with Gasteiger partial charge < -0.3 is 18.9 Å². The largest absolute Gasteiger partial charge is 0.372 e. The molecule has 3 aliphatic heterocycles. The fourth-order valence-corrected chi connectivity index (χ4v) is 1.34. The van der Waals surface area contributed by atoms with E-state index in [1.165, 1.54) is 0 Å². The number of hydrogen-bond donors (Lipinski definition) is 1. The van der Waals surface area contributed by atoms with E-state index in [9.17, 15) is 0 Å². The Bertz CT molecular complexity index is 185. The van der Waals surface area contributed by atoms with Gasteiger partial charge in [-0.1, -0.05) is 0 Å². The van der Waals surface area contributed by atoms with Crippen LogP contribution in [0.15, 0.2) is 0 Å². The summed E-state index contributed by atoms with van der Waals surface area (Å²) in [6.45, 7) is 4.04. The van der Waals surface area contributed by atoms with Crippen LogP contribution in [0.25, 0.3) is 0 Å². The Morgan fingerprint density at radius 1 is 1.14 bits per heavy atom. The van der Waals surface area contributed by atoms with Crippen molar-refractivity contribution < 1.29 is 18.9 Å². The molecular weight excluding hydrogens is 186 g/mol. The van der Waals surface area contributed by atoms with Crippen molar-refractivity contribution in [3.63, 3.8) is 0 Å². The minimum absolute atomic E-state index is 0.0170. The summed E-state index contributed by atoms with van der Waals surface area (Å²) in [5.41, 5.74) is 0. The molecule has 0 aliphatic carbocycles. The number of nitrogens with one attached hydrogen (secondary N) is 1. The fourth-order valence-electron chi connectivity index (χ4n) is 1.34. The summed E-state index contributed by atoms with van der Waals surface area (Å²) in [5, 5.41) is 3.30. The van der Waals surface area contributed by atoms with Crippen molar-refractivity contribution in [1.82, 2.24) is 5.32 Å². The number of epoxide rings is 3. The smallest absolute Gasteiger partial charge is 0.137 e. The van der Waals surface area contributed by atoms with Crippen molar-refractivity contribution in [3.8, 4) is 0 Å². The standard InChI is InChI=1S/C9H15NO4/c1(6-2-11-6)10-9(8-5-13-8)14-4-7-3-12-7/h6-10H,1-5H2. The summed E-state index contributed by atoms with van der Waals surface area (Å²) in [5.74, 6) is 0. The molecule has 4 atom stereocenters. The predicted molar refractivity (Wildman–Crippen MR) is 47.0 cm³/mol. The predicted octanol–water partition coefficient (Wildman–Crippen LogP) is -0.885. The van der Waals surface area contributed by atoms with Gasteiger partial charge in [-0.2, -0.15) is 0 Å². The van der Waals surface area contributed by atoms with E-state index in [0.717, 1.165) is 26.4 Å². The monoisotopic (exact) mass is 201 g/mol. The molecule has 0 spiro atoms. The zero-order chi connectivity index (χ0) is 9.38. The Balaban J connectivity index is 1.37. The lowest BCUT2D eigenvalue weighted by Gasteiger charge is -2.16. The summed E-state index contributed by atoms with van der Waals surface area (Å²) >= 11 is 0. The molecule has 0 radical (unpaired) electrons. The van der Waals surface area contributed by atoms with Crippen LogP contribution in [0.4, 0.5) is 0 Å². The molecule has 0 aromatic rings. The normalized spacial score (nSPS) is 40.7. The van der Waals surface area contributed by atoms with Gasteiger partial charge in [0.05, 0.1) is 32.5 Å². The van der Waals surface area contributed by atoms with E-state index in [0.29, 0.717) is 18.8 Å². The van der Waals surface area contributed by atoms with Gasteiger partial charge >= 0.3 is 0 Å². The maximum Gasteiger partial charge on any atom is 0.137 e. The second kappa shape index (κ2) is 3.75. The molecule has 14 heavy (non-hydrogen) atoms. The SMILES string of the molecule is C(NC(OCC1CO1)C1CO1)C1CO1. The molecular formula is C9H15NO4. The third kappa shape index (κ3) is 2.65. The molecule has 3 aliphatic rings. The first kappa shape index (κ1) is 9.06. The van der Waals surface area contributed by atoms with Gasteiger partial charge in [-0.3, -0.25) is 5.32 Å². The zero-order valence-electron chi connectivity index (χ0n) is 7.98. The second-order valence-electron chi connectivity index (χ2n) is 3.94. The maximum absolute atomic E-state index is 5.65. The van der Waals surface area contributed by atoms with Gasteiger partial charge in [-0.05, 0) is 0 Å². The molecule has 5 nitrogen and oxygen atoms in total. The lowest BCUT2D eigenvalue weighted by molar-refractivity contribution is 0.00246. The molecule has 0 amide bonds. The highest BCUT2D eigenvalue weighted by Gasteiger charge is 2.36. The van der Waals surface area contributed by atoms with Gasteiger partial charge in [0.25, 0.3) is 0 Å². The van der Waals surface area contributed by atoms with Gasteiger partial charge in [-0.15, -0.1) is 0 Å². The topological polar surface area (TPSA) is 58.9 Å². The van der Waals surface area contributed by atoms with Crippen LogP contribution in [0.5, 0.6) is 0 Å². The first-order valence-electron chi connectivity index (χ1n) is 5.11. The van der Waals surface area contributed by atoms with Crippen LogP contribution in [0, 0.1) is 0 Å². The van der Waals surface area contributed by atoms with E-state index in [1.54, 1.807) is 0 Å². The van der Waals surface area contributed by atoms with Crippen molar-refractivity contribution >= 4 is 0 Å². The highest BCUT2D eigenvalue weighted by Crippen LogP contribution is 2.18. The van der Waals surface area contributed by atoms with Crippen molar-refractivity contribution in [3.05, 3.63) is 0 Å². The third-order valence-corrected chi connectivity index (χ3v) is 2.51. The molecule has 0 aromatic carbocycles. The van der Waals surface area contributed by atoms with Crippen LogP contribution in [0.2, 0.25) is 0 Å². The summed E-state index contributed by atoms with van der Waals surface area (Å²) in [4.78, 5) is 0. The third-order valence-electron chi connectivity index (χ3n) is 2.51. The number of hydrogen-bond acceptors (Lipinski definition) is 5. The van der Waals surface area contributed by atoms with Crippen molar-refractivity contribution in [2.45, 2.75) is 24.5 Å². The second-order valence-corrected chi connectivity index (χ2v) is 3.94. The lowest BCUT2D eigenvalue weighted by atomic mass is 10.3. The van der Waals surface area contributed by atoms with E-state index in [4.69, 9.17) is 18.9 Å². The van der Waals surface area contributed by atoms with E-state index >= 15 is 0 Å². The zero-order valence-corrected chi connectivity index (χ0v) is 7.98. The van der Waals surface area contributed by atoms with Gasteiger partial charge in [0.2, 0.25) is 0 Å². The van der Waals surface area contributed by atoms with Crippen LogP contribution >= 0.6 is 0 Å². The van der Waals surface area contributed by atoms with E-state index in [2.05, 4.69) is 5.32 Å². The Hall–Kier alpha value is -0.200. The average molecular weight is 201 g/mol. The highest BCUT2D eigenvalue weighted by molar-refractivity contribution is 4.82. The summed E-state index contributed by atoms with van der Waals surface area (Å²) in [6, 6.07) is 0. The Labute approximate surface area is 82.6 Å². The van der Waals surface area contributed by atoms with Crippen LogP contribution in [-0.4, -0.2) is 57.5 Å². The molecule has 3 saturated heterocycles. The first-order chi connectivity index (χ1) is 6.92. The molecule has 5 heteroatoms. The van der Waals surface area contributed by atoms with Crippen LogP contribution < -0.4 is 5.32 Å². The minimum atomic E-state index is 0.0170. The van der Waals surface area contributed by atoms with E-state index < -0.39 is 0 Å². The average Bonchev–Trinajstić information content (AvgIpc) is 2.97. The van der Waals surface area contributed by atoms with Crippen LogP contribution in [0.3, 0.4) is 0 Å². The molecule has 3 rings (SSSR count). The highest BCUT2D eigenvalue weighted by atomic mass is 16.6. The number of ether oxygens (including phenoxy) is 4. The van der Waals surface area contributed by atoms with Crippen molar-refractivity contribution in [1.29, 1.82) is 0 Å². The minimum Gasteiger partial charge on any atom is -0.372 e. The first-order valence-corrected chi connectivity index (χ1v) is 5.11. The Morgan fingerprint density at radius 3 is 2.43 bits per heavy atom. The fraction of sp³-hybridized carbons (Fsp3) is 1.00. The molecule has 3 heterocycles. The van der Waals surface area contributed by atoms with Gasteiger partial charge in [0.15, 0.2) is 0 Å². The Morgan fingerprint density at radius 2 is 1.86 bits per heavy atom. The maximum atomic E-state index is 5.65. The van der Waals surface area contributed by atoms with Crippen molar-refractivity contribution in [2.75, 3.05) is 33.0 Å². The molecule has 0 bridgehead atoms.